The normalized spacial score (nSPS) is 21.5. The summed E-state index contributed by atoms with van der Waals surface area (Å²) in [5, 5.41) is 11.1. The van der Waals surface area contributed by atoms with Crippen molar-refractivity contribution >= 4 is 16.9 Å². The molecule has 2 heterocycles. The summed E-state index contributed by atoms with van der Waals surface area (Å²) < 4.78 is 20.0. The highest BCUT2D eigenvalue weighted by Crippen LogP contribution is 2.28. The van der Waals surface area contributed by atoms with Gasteiger partial charge in [-0.05, 0) is 24.8 Å². The van der Waals surface area contributed by atoms with E-state index in [1.54, 1.807) is 18.3 Å². The molecule has 0 amide bonds. The largest absolute Gasteiger partial charge is 0.375 e. The van der Waals surface area contributed by atoms with Gasteiger partial charge in [-0.2, -0.15) is 5.10 Å². The fraction of sp³-hybridized carbons (Fsp3) is 0.389. The molecule has 7 heteroatoms. The molecule has 6 nitrogen and oxygen atoms in total. The topological polar surface area (TPSA) is 75.7 Å². The van der Waals surface area contributed by atoms with Crippen molar-refractivity contribution < 1.29 is 9.13 Å². The number of nitrogens with zero attached hydrogens (tertiary/aromatic N) is 3. The van der Waals surface area contributed by atoms with E-state index in [0.29, 0.717) is 11.2 Å². The molecule has 3 atom stereocenters. The van der Waals surface area contributed by atoms with E-state index in [-0.39, 0.29) is 18.8 Å². The number of hydrogen-bond donors (Lipinski definition) is 2. The Morgan fingerprint density at radius 1 is 1.24 bits per heavy atom. The molecule has 0 bridgehead atoms. The van der Waals surface area contributed by atoms with Gasteiger partial charge < -0.3 is 10.1 Å². The third kappa shape index (κ3) is 3.61. The summed E-state index contributed by atoms with van der Waals surface area (Å²) in [6.07, 6.45) is 4.94. The second-order valence-corrected chi connectivity index (χ2v) is 6.34. The fourth-order valence-electron chi connectivity index (χ4n) is 3.27. The maximum absolute atomic E-state index is 14.2. The minimum Gasteiger partial charge on any atom is -0.375 e. The highest BCUT2D eigenvalue weighted by atomic mass is 19.1. The number of H-pyrrole nitrogens is 1. The maximum Gasteiger partial charge on any atom is 0.160 e. The van der Waals surface area contributed by atoms with E-state index in [2.05, 4.69) is 25.5 Å². The van der Waals surface area contributed by atoms with Crippen molar-refractivity contribution in [3.8, 4) is 0 Å². The van der Waals surface area contributed by atoms with Crippen molar-refractivity contribution in [1.29, 1.82) is 0 Å². The molecule has 1 aliphatic rings. The van der Waals surface area contributed by atoms with Crippen LogP contribution in [0.5, 0.6) is 0 Å². The van der Waals surface area contributed by atoms with Gasteiger partial charge in [0.1, 0.15) is 18.3 Å². The Kier molecular flexibility index (Phi) is 4.56. The fourth-order valence-corrected chi connectivity index (χ4v) is 3.27. The summed E-state index contributed by atoms with van der Waals surface area (Å²) in [7, 11) is 0. The van der Waals surface area contributed by atoms with E-state index in [4.69, 9.17) is 4.74 Å². The number of alkyl halides is 1. The molecule has 0 saturated heterocycles. The summed E-state index contributed by atoms with van der Waals surface area (Å²) in [6, 6.07) is 9.41. The number of halogens is 1. The van der Waals surface area contributed by atoms with Crippen LogP contribution >= 0.6 is 0 Å². The number of nitrogens with one attached hydrogen (secondary N) is 2. The van der Waals surface area contributed by atoms with Crippen molar-refractivity contribution in [2.45, 2.75) is 37.6 Å². The van der Waals surface area contributed by atoms with Crippen molar-refractivity contribution in [1.82, 2.24) is 20.2 Å². The molecule has 0 aliphatic heterocycles. The van der Waals surface area contributed by atoms with Crippen molar-refractivity contribution in [3.63, 3.8) is 0 Å². The summed E-state index contributed by atoms with van der Waals surface area (Å²) in [5.41, 5.74) is 1.38. The molecule has 1 aromatic carbocycles. The number of hydrogen-bond acceptors (Lipinski definition) is 5. The first-order valence-corrected chi connectivity index (χ1v) is 8.51. The van der Waals surface area contributed by atoms with Crippen LogP contribution in [0.25, 0.3) is 11.0 Å². The average molecular weight is 341 g/mol. The lowest BCUT2D eigenvalue weighted by molar-refractivity contribution is 0.0217. The number of aromatic nitrogens is 4. The minimum atomic E-state index is -1.08. The monoisotopic (exact) mass is 341 g/mol. The van der Waals surface area contributed by atoms with Gasteiger partial charge >= 0.3 is 0 Å². The molecule has 3 aromatic rings. The van der Waals surface area contributed by atoms with Gasteiger partial charge in [0.15, 0.2) is 5.65 Å². The summed E-state index contributed by atoms with van der Waals surface area (Å²) in [5.74, 6) is 0.775. The highest BCUT2D eigenvalue weighted by molar-refractivity contribution is 5.85. The zero-order valence-corrected chi connectivity index (χ0v) is 13.7. The first-order chi connectivity index (χ1) is 12.3. The Bertz CT molecular complexity index is 824. The number of fused-ring (bicyclic) bond motifs is 1. The summed E-state index contributed by atoms with van der Waals surface area (Å²) in [4.78, 5) is 8.43. The molecule has 0 radical (unpaired) electrons. The smallest absolute Gasteiger partial charge is 0.160 e. The molecule has 25 heavy (non-hydrogen) atoms. The molecule has 130 valence electrons. The predicted octanol–water partition coefficient (Wildman–Crippen LogP) is 3.41. The van der Waals surface area contributed by atoms with Crippen LogP contribution < -0.4 is 5.32 Å². The molecule has 1 saturated carbocycles. The Balaban J connectivity index is 1.30. The first-order valence-electron chi connectivity index (χ1n) is 8.51. The molecule has 1 fully saturated rings. The maximum atomic E-state index is 14.2. The second kappa shape index (κ2) is 7.14. The van der Waals surface area contributed by atoms with E-state index < -0.39 is 6.17 Å². The zero-order chi connectivity index (χ0) is 17.1. The van der Waals surface area contributed by atoms with Crippen LogP contribution in [-0.4, -0.2) is 38.9 Å². The van der Waals surface area contributed by atoms with Gasteiger partial charge in [0.25, 0.3) is 0 Å². The van der Waals surface area contributed by atoms with E-state index in [0.717, 1.165) is 30.5 Å². The Hall–Kier alpha value is -2.54. The van der Waals surface area contributed by atoms with E-state index in [1.165, 1.54) is 6.33 Å². The lowest BCUT2D eigenvalue weighted by Gasteiger charge is -2.16. The van der Waals surface area contributed by atoms with Crippen LogP contribution in [0, 0.1) is 0 Å². The number of benzene rings is 1. The van der Waals surface area contributed by atoms with Gasteiger partial charge in [-0.3, -0.25) is 5.10 Å². The first kappa shape index (κ1) is 16.0. The third-order valence-electron chi connectivity index (χ3n) is 4.61. The predicted molar refractivity (Wildman–Crippen MR) is 93.0 cm³/mol. The lowest BCUT2D eigenvalue weighted by atomic mass is 10.1. The molecule has 0 spiro atoms. The lowest BCUT2D eigenvalue weighted by Crippen LogP contribution is -2.19. The molecule has 3 unspecified atom stereocenters. The van der Waals surface area contributed by atoms with E-state index >= 15 is 0 Å². The van der Waals surface area contributed by atoms with E-state index in [1.807, 2.05) is 18.2 Å². The SMILES string of the molecule is FC(COC1CCC(Nc2ncnc3[nH]ncc23)C1)c1ccccc1. The van der Waals surface area contributed by atoms with Crippen molar-refractivity contribution in [3.05, 3.63) is 48.4 Å². The Labute approximate surface area is 144 Å². The van der Waals surface area contributed by atoms with Crippen LogP contribution in [0.4, 0.5) is 10.2 Å². The number of rotatable bonds is 6. The highest BCUT2D eigenvalue weighted by Gasteiger charge is 2.27. The van der Waals surface area contributed by atoms with Gasteiger partial charge in [0, 0.05) is 6.04 Å². The molecule has 1 aliphatic carbocycles. The molecular weight excluding hydrogens is 321 g/mol. The number of anilines is 1. The van der Waals surface area contributed by atoms with Gasteiger partial charge in [-0.15, -0.1) is 0 Å². The van der Waals surface area contributed by atoms with Crippen molar-refractivity contribution in [2.75, 3.05) is 11.9 Å². The van der Waals surface area contributed by atoms with E-state index in [9.17, 15) is 4.39 Å². The Morgan fingerprint density at radius 3 is 3.00 bits per heavy atom. The molecular formula is C18H20FN5O. The zero-order valence-electron chi connectivity index (χ0n) is 13.7. The van der Waals surface area contributed by atoms with Gasteiger partial charge in [0.2, 0.25) is 0 Å². The van der Waals surface area contributed by atoms with Crippen LogP contribution in [0.1, 0.15) is 31.0 Å². The van der Waals surface area contributed by atoms with Crippen LogP contribution in [-0.2, 0) is 4.74 Å². The molecule has 2 aromatic heterocycles. The van der Waals surface area contributed by atoms with Crippen LogP contribution in [0.2, 0.25) is 0 Å². The third-order valence-corrected chi connectivity index (χ3v) is 4.61. The molecule has 4 rings (SSSR count). The van der Waals surface area contributed by atoms with Crippen LogP contribution in [0.15, 0.2) is 42.9 Å². The summed E-state index contributed by atoms with van der Waals surface area (Å²) in [6.45, 7) is 0.0981. The van der Waals surface area contributed by atoms with Crippen molar-refractivity contribution in [2.24, 2.45) is 0 Å². The van der Waals surface area contributed by atoms with Gasteiger partial charge in [0.05, 0.1) is 24.3 Å². The van der Waals surface area contributed by atoms with Gasteiger partial charge in [-0.1, -0.05) is 30.3 Å². The molecule has 2 N–H and O–H groups in total. The van der Waals surface area contributed by atoms with Crippen LogP contribution in [0.3, 0.4) is 0 Å². The standard InChI is InChI=1S/C18H20FN5O/c19-16(12-4-2-1-3-5-12)10-25-14-7-6-13(8-14)23-17-15-9-22-24-18(15)21-11-20-17/h1-5,9,11,13-14,16H,6-8,10H2,(H2,20,21,22,23,24). The number of ether oxygens (including phenoxy) is 1. The van der Waals surface area contributed by atoms with Gasteiger partial charge in [-0.25, -0.2) is 14.4 Å². The summed E-state index contributed by atoms with van der Waals surface area (Å²) >= 11 is 0. The average Bonchev–Trinajstić information content (AvgIpc) is 3.30. The second-order valence-electron chi connectivity index (χ2n) is 6.34. The number of aromatic amines is 1. The quantitative estimate of drug-likeness (QED) is 0.718. The minimum absolute atomic E-state index is 0.0705. The Morgan fingerprint density at radius 2 is 2.12 bits per heavy atom.